The first kappa shape index (κ1) is 22.0. The average Bonchev–Trinajstić information content (AvgIpc) is 2.77. The Labute approximate surface area is 187 Å². The first-order valence-corrected chi connectivity index (χ1v) is 11.4. The molecular weight excluding hydrogens is 418 g/mol. The van der Waals surface area contributed by atoms with Crippen LogP contribution in [0.25, 0.3) is 0 Å². The van der Waals surface area contributed by atoms with E-state index >= 15 is 0 Å². The average molecular weight is 445 g/mol. The molecule has 4 atom stereocenters. The standard InChI is InChI=1S/C26H27ClF2O2/c1-2-3-16-4-5-21-13-20(11-10-19(21)12-16)17-6-8-18(9-7-17)26(30)31-22-14-23(28)25(27)24(29)15-22/h2-3,6-9,14-16,19-21H,4-5,10-13H2,1H3/b3-2+. The zero-order valence-electron chi connectivity index (χ0n) is 17.6. The predicted octanol–water partition coefficient (Wildman–Crippen LogP) is 7.71. The van der Waals surface area contributed by atoms with Crippen LogP contribution in [0.4, 0.5) is 8.78 Å². The normalized spacial score (nSPS) is 25.9. The molecule has 2 saturated carbocycles. The summed E-state index contributed by atoms with van der Waals surface area (Å²) < 4.78 is 32.2. The third-order valence-electron chi connectivity index (χ3n) is 6.90. The van der Waals surface area contributed by atoms with E-state index in [9.17, 15) is 13.6 Å². The molecule has 0 saturated heterocycles. The molecule has 164 valence electrons. The van der Waals surface area contributed by atoms with Gasteiger partial charge in [-0.25, -0.2) is 13.6 Å². The summed E-state index contributed by atoms with van der Waals surface area (Å²) in [6.45, 7) is 2.11. The molecule has 0 radical (unpaired) electrons. The Hall–Kier alpha value is -2.20. The number of rotatable bonds is 4. The van der Waals surface area contributed by atoms with Gasteiger partial charge in [-0.2, -0.15) is 0 Å². The fourth-order valence-corrected chi connectivity index (χ4v) is 5.43. The highest BCUT2D eigenvalue weighted by Gasteiger charge is 2.35. The molecule has 0 aromatic heterocycles. The van der Waals surface area contributed by atoms with Gasteiger partial charge in [-0.15, -0.1) is 0 Å². The first-order valence-electron chi connectivity index (χ1n) is 11.0. The topological polar surface area (TPSA) is 26.3 Å². The molecule has 2 aromatic rings. The second kappa shape index (κ2) is 9.52. The molecule has 2 aliphatic rings. The second-order valence-corrected chi connectivity index (χ2v) is 9.22. The smallest absolute Gasteiger partial charge is 0.343 e. The minimum Gasteiger partial charge on any atom is -0.423 e. The summed E-state index contributed by atoms with van der Waals surface area (Å²) in [4.78, 5) is 12.4. The molecule has 4 rings (SSSR count). The number of allylic oxidation sites excluding steroid dienone is 2. The van der Waals surface area contributed by atoms with Crippen molar-refractivity contribution in [3.63, 3.8) is 0 Å². The summed E-state index contributed by atoms with van der Waals surface area (Å²) in [6.07, 6.45) is 12.1. The summed E-state index contributed by atoms with van der Waals surface area (Å²) in [5, 5.41) is -0.616. The van der Waals surface area contributed by atoms with Gasteiger partial charge in [-0.1, -0.05) is 35.9 Å². The van der Waals surface area contributed by atoms with E-state index in [0.717, 1.165) is 29.9 Å². The summed E-state index contributed by atoms with van der Waals surface area (Å²) >= 11 is 5.46. The summed E-state index contributed by atoms with van der Waals surface area (Å²) in [6, 6.07) is 9.24. The number of carbonyl (C=O) groups excluding carboxylic acids is 1. The number of benzene rings is 2. The molecule has 2 fully saturated rings. The highest BCUT2D eigenvalue weighted by molar-refractivity contribution is 6.30. The van der Waals surface area contributed by atoms with Gasteiger partial charge in [0, 0.05) is 12.1 Å². The van der Waals surface area contributed by atoms with E-state index in [1.807, 2.05) is 12.1 Å². The van der Waals surface area contributed by atoms with Gasteiger partial charge >= 0.3 is 5.97 Å². The van der Waals surface area contributed by atoms with Crippen LogP contribution in [-0.4, -0.2) is 5.97 Å². The van der Waals surface area contributed by atoms with Gasteiger partial charge in [-0.05, 0) is 86.8 Å². The number of hydrogen-bond donors (Lipinski definition) is 0. The second-order valence-electron chi connectivity index (χ2n) is 8.84. The van der Waals surface area contributed by atoms with E-state index in [4.69, 9.17) is 16.3 Å². The molecular formula is C26H27ClF2O2. The number of ether oxygens (including phenoxy) is 1. The van der Waals surface area contributed by atoms with Crippen LogP contribution in [0.1, 0.15) is 67.3 Å². The van der Waals surface area contributed by atoms with Gasteiger partial charge in [0.25, 0.3) is 0 Å². The number of fused-ring (bicyclic) bond motifs is 1. The van der Waals surface area contributed by atoms with Crippen molar-refractivity contribution in [1.29, 1.82) is 0 Å². The molecule has 2 aromatic carbocycles. The third-order valence-corrected chi connectivity index (χ3v) is 7.26. The lowest BCUT2D eigenvalue weighted by molar-refractivity contribution is 0.0734. The molecule has 2 aliphatic carbocycles. The number of esters is 1. The van der Waals surface area contributed by atoms with Gasteiger partial charge in [0.05, 0.1) is 5.56 Å². The summed E-state index contributed by atoms with van der Waals surface area (Å²) in [5.74, 6) is 0.101. The third kappa shape index (κ3) is 5.01. The SMILES string of the molecule is C/C=C/C1CCC2CC(c3ccc(C(=O)Oc4cc(F)c(Cl)c(F)c4)cc3)CCC2C1. The zero-order chi connectivity index (χ0) is 22.0. The van der Waals surface area contributed by atoms with Gasteiger partial charge in [0.1, 0.15) is 22.4 Å². The highest BCUT2D eigenvalue weighted by Crippen LogP contribution is 2.47. The molecule has 31 heavy (non-hydrogen) atoms. The van der Waals surface area contributed by atoms with Crippen LogP contribution < -0.4 is 4.74 Å². The Balaban J connectivity index is 1.38. The van der Waals surface area contributed by atoms with Gasteiger partial charge in [-0.3, -0.25) is 0 Å². The van der Waals surface area contributed by atoms with E-state index in [1.165, 1.54) is 44.1 Å². The molecule has 2 nitrogen and oxygen atoms in total. The van der Waals surface area contributed by atoms with Crippen molar-refractivity contribution in [2.24, 2.45) is 17.8 Å². The van der Waals surface area contributed by atoms with E-state index in [1.54, 1.807) is 12.1 Å². The Bertz CT molecular complexity index is 947. The summed E-state index contributed by atoms with van der Waals surface area (Å²) in [7, 11) is 0. The minimum atomic E-state index is -0.963. The maximum absolute atomic E-state index is 13.6. The molecule has 0 heterocycles. The van der Waals surface area contributed by atoms with Crippen LogP contribution in [0, 0.1) is 29.4 Å². The fraction of sp³-hybridized carbons (Fsp3) is 0.423. The quantitative estimate of drug-likeness (QED) is 0.209. The van der Waals surface area contributed by atoms with Crippen molar-refractivity contribution in [1.82, 2.24) is 0 Å². The Morgan fingerprint density at radius 1 is 1.00 bits per heavy atom. The zero-order valence-corrected chi connectivity index (χ0v) is 18.4. The monoisotopic (exact) mass is 444 g/mol. The van der Waals surface area contributed by atoms with Crippen molar-refractivity contribution >= 4 is 17.6 Å². The van der Waals surface area contributed by atoms with E-state index in [2.05, 4.69) is 19.1 Å². The number of hydrogen-bond acceptors (Lipinski definition) is 2. The Kier molecular flexibility index (Phi) is 6.76. The van der Waals surface area contributed by atoms with Crippen molar-refractivity contribution in [2.45, 2.75) is 51.4 Å². The molecule has 4 unspecified atom stereocenters. The fourth-order valence-electron chi connectivity index (χ4n) is 5.32. The highest BCUT2D eigenvalue weighted by atomic mass is 35.5. The Morgan fingerprint density at radius 3 is 2.32 bits per heavy atom. The predicted molar refractivity (Wildman–Crippen MR) is 118 cm³/mol. The van der Waals surface area contributed by atoms with E-state index in [0.29, 0.717) is 11.5 Å². The maximum Gasteiger partial charge on any atom is 0.343 e. The van der Waals surface area contributed by atoms with E-state index < -0.39 is 22.6 Å². The van der Waals surface area contributed by atoms with Crippen molar-refractivity contribution in [2.75, 3.05) is 0 Å². The molecule has 0 bridgehead atoms. The van der Waals surface area contributed by atoms with Crippen molar-refractivity contribution in [3.05, 3.63) is 76.3 Å². The van der Waals surface area contributed by atoms with Crippen LogP contribution >= 0.6 is 11.6 Å². The van der Waals surface area contributed by atoms with Crippen LogP contribution in [0.3, 0.4) is 0 Å². The van der Waals surface area contributed by atoms with E-state index in [-0.39, 0.29) is 5.75 Å². The van der Waals surface area contributed by atoms with Crippen molar-refractivity contribution < 1.29 is 18.3 Å². The molecule has 0 N–H and O–H groups in total. The van der Waals surface area contributed by atoms with Gasteiger partial charge < -0.3 is 4.74 Å². The lowest BCUT2D eigenvalue weighted by Crippen LogP contribution is -2.30. The van der Waals surface area contributed by atoms with Crippen LogP contribution in [0.2, 0.25) is 5.02 Å². The van der Waals surface area contributed by atoms with Gasteiger partial charge in [0.15, 0.2) is 0 Å². The molecule has 5 heteroatoms. The van der Waals surface area contributed by atoms with Crippen LogP contribution in [-0.2, 0) is 0 Å². The number of halogens is 3. The minimum absolute atomic E-state index is 0.208. The largest absolute Gasteiger partial charge is 0.423 e. The maximum atomic E-state index is 13.6. The summed E-state index contributed by atoms with van der Waals surface area (Å²) in [5.41, 5.74) is 1.59. The lowest BCUT2D eigenvalue weighted by Gasteiger charge is -2.41. The molecule has 0 aliphatic heterocycles. The molecule has 0 amide bonds. The van der Waals surface area contributed by atoms with Crippen LogP contribution in [0.5, 0.6) is 5.75 Å². The first-order chi connectivity index (χ1) is 14.9. The van der Waals surface area contributed by atoms with Crippen LogP contribution in [0.15, 0.2) is 48.6 Å². The molecule has 0 spiro atoms. The Morgan fingerprint density at radius 2 is 1.65 bits per heavy atom. The van der Waals surface area contributed by atoms with Gasteiger partial charge in [0.2, 0.25) is 0 Å². The number of carbonyl (C=O) groups is 1. The lowest BCUT2D eigenvalue weighted by atomic mass is 9.64. The van der Waals surface area contributed by atoms with Crippen molar-refractivity contribution in [3.8, 4) is 5.75 Å².